The van der Waals surface area contributed by atoms with Gasteiger partial charge in [-0.15, -0.1) is 0 Å². The van der Waals surface area contributed by atoms with E-state index in [0.717, 1.165) is 6.07 Å². The number of sulfonamides is 1. The number of hydrogen-bond donors (Lipinski definition) is 3. The van der Waals surface area contributed by atoms with E-state index in [1.54, 1.807) is 0 Å². The summed E-state index contributed by atoms with van der Waals surface area (Å²) in [5.74, 6) is -2.00. The van der Waals surface area contributed by atoms with Gasteiger partial charge in [-0.3, -0.25) is 4.72 Å². The number of benzene rings is 1. The molecule has 0 aliphatic rings. The van der Waals surface area contributed by atoms with E-state index in [2.05, 4.69) is 20.7 Å². The Morgan fingerprint density at radius 1 is 1.30 bits per heavy atom. The fourth-order valence-electron chi connectivity index (χ4n) is 1.42. The van der Waals surface area contributed by atoms with Crippen LogP contribution >= 0.6 is 15.9 Å². The molecule has 0 aliphatic carbocycles. The standard InChI is InChI=1S/C11H8BrNO6S/c12-10-9(5-8(19-10)11(15)16)20(17,18)13-6-2-1-3-7(14)4-6/h1-5,13-14H,(H,15,16). The Bertz CT molecular complexity index is 767. The molecular weight excluding hydrogens is 354 g/mol. The largest absolute Gasteiger partial charge is 0.508 e. The molecule has 2 rings (SSSR count). The number of nitrogens with one attached hydrogen (secondary N) is 1. The van der Waals surface area contributed by atoms with Crippen molar-refractivity contribution in [2.45, 2.75) is 4.90 Å². The van der Waals surface area contributed by atoms with Crippen molar-refractivity contribution in [3.8, 4) is 5.75 Å². The highest BCUT2D eigenvalue weighted by molar-refractivity contribution is 9.10. The van der Waals surface area contributed by atoms with Crippen LogP contribution in [-0.4, -0.2) is 24.6 Å². The molecule has 0 bridgehead atoms. The maximum absolute atomic E-state index is 12.1. The number of hydrogen-bond acceptors (Lipinski definition) is 5. The molecule has 3 N–H and O–H groups in total. The summed E-state index contributed by atoms with van der Waals surface area (Å²) >= 11 is 2.85. The van der Waals surface area contributed by atoms with Crippen molar-refractivity contribution in [3.63, 3.8) is 0 Å². The zero-order valence-corrected chi connectivity index (χ0v) is 12.1. The molecule has 9 heteroatoms. The number of anilines is 1. The second-order valence-electron chi connectivity index (χ2n) is 3.71. The van der Waals surface area contributed by atoms with Crippen LogP contribution in [0.25, 0.3) is 0 Å². The van der Waals surface area contributed by atoms with Gasteiger partial charge in [0.15, 0.2) is 4.67 Å². The Hall–Kier alpha value is -2.00. The number of aromatic carboxylic acids is 1. The minimum Gasteiger partial charge on any atom is -0.508 e. The molecule has 1 aromatic heterocycles. The van der Waals surface area contributed by atoms with Crippen molar-refractivity contribution in [2.24, 2.45) is 0 Å². The summed E-state index contributed by atoms with van der Waals surface area (Å²) in [7, 11) is -4.04. The molecule has 1 aromatic carbocycles. The molecule has 2 aromatic rings. The van der Waals surface area contributed by atoms with Gasteiger partial charge in [-0.25, -0.2) is 13.2 Å². The predicted octanol–water partition coefficient (Wildman–Crippen LogP) is 2.25. The van der Waals surface area contributed by atoms with Gasteiger partial charge in [-0.05, 0) is 28.1 Å². The van der Waals surface area contributed by atoms with Gasteiger partial charge in [0.05, 0.1) is 5.69 Å². The van der Waals surface area contributed by atoms with Crippen molar-refractivity contribution in [1.29, 1.82) is 0 Å². The molecule has 0 fully saturated rings. The number of rotatable bonds is 4. The summed E-state index contributed by atoms with van der Waals surface area (Å²) in [6, 6.07) is 6.37. The van der Waals surface area contributed by atoms with Gasteiger partial charge >= 0.3 is 5.97 Å². The van der Waals surface area contributed by atoms with Crippen LogP contribution in [0.1, 0.15) is 10.6 Å². The molecule has 0 radical (unpaired) electrons. The van der Waals surface area contributed by atoms with E-state index in [1.165, 1.54) is 24.3 Å². The summed E-state index contributed by atoms with van der Waals surface area (Å²) in [4.78, 5) is 10.4. The summed E-state index contributed by atoms with van der Waals surface area (Å²) in [5, 5.41) is 18.0. The smallest absolute Gasteiger partial charge is 0.371 e. The quantitative estimate of drug-likeness (QED) is 0.768. The van der Waals surface area contributed by atoms with Crippen LogP contribution in [0.2, 0.25) is 0 Å². The Labute approximate surface area is 122 Å². The highest BCUT2D eigenvalue weighted by atomic mass is 79.9. The zero-order valence-electron chi connectivity index (χ0n) is 9.70. The Balaban J connectivity index is 2.38. The maximum atomic E-state index is 12.1. The van der Waals surface area contributed by atoms with Crippen LogP contribution in [0.4, 0.5) is 5.69 Å². The lowest BCUT2D eigenvalue weighted by Crippen LogP contribution is -2.12. The first-order valence-corrected chi connectivity index (χ1v) is 7.42. The molecule has 20 heavy (non-hydrogen) atoms. The average Bonchev–Trinajstić information content (AvgIpc) is 2.71. The van der Waals surface area contributed by atoms with Crippen LogP contribution in [-0.2, 0) is 10.0 Å². The fraction of sp³-hybridized carbons (Fsp3) is 0. The van der Waals surface area contributed by atoms with Gasteiger partial charge in [-0.1, -0.05) is 6.07 Å². The molecule has 0 amide bonds. The molecule has 0 aliphatic heterocycles. The number of phenolic OH excluding ortho intramolecular Hbond substituents is 1. The summed E-state index contributed by atoms with van der Waals surface area (Å²) in [6.07, 6.45) is 0. The van der Waals surface area contributed by atoms with Gasteiger partial charge in [0.1, 0.15) is 10.6 Å². The van der Waals surface area contributed by atoms with Crippen LogP contribution in [0.5, 0.6) is 5.75 Å². The molecule has 0 saturated heterocycles. The Morgan fingerprint density at radius 3 is 2.55 bits per heavy atom. The van der Waals surface area contributed by atoms with Crippen molar-refractivity contribution in [2.75, 3.05) is 4.72 Å². The van der Waals surface area contributed by atoms with Gasteiger partial charge in [0.25, 0.3) is 10.0 Å². The molecule has 0 unspecified atom stereocenters. The first-order chi connectivity index (χ1) is 9.29. The van der Waals surface area contributed by atoms with E-state index < -0.39 is 21.8 Å². The first-order valence-electron chi connectivity index (χ1n) is 5.14. The number of furan rings is 1. The minimum atomic E-state index is -4.04. The topological polar surface area (TPSA) is 117 Å². The highest BCUT2D eigenvalue weighted by Crippen LogP contribution is 2.28. The predicted molar refractivity (Wildman–Crippen MR) is 72.3 cm³/mol. The lowest BCUT2D eigenvalue weighted by Gasteiger charge is -2.06. The maximum Gasteiger partial charge on any atom is 0.371 e. The van der Waals surface area contributed by atoms with Gasteiger partial charge in [0, 0.05) is 12.1 Å². The average molecular weight is 362 g/mol. The first kappa shape index (κ1) is 14.4. The molecule has 106 valence electrons. The number of aromatic hydroxyl groups is 1. The summed E-state index contributed by atoms with van der Waals surface area (Å²) < 4.78 is 30.9. The van der Waals surface area contributed by atoms with E-state index >= 15 is 0 Å². The van der Waals surface area contributed by atoms with Crippen LogP contribution in [0.15, 0.2) is 44.3 Å². The second-order valence-corrected chi connectivity index (χ2v) is 6.08. The van der Waals surface area contributed by atoms with E-state index in [1.807, 2.05) is 0 Å². The lowest BCUT2D eigenvalue weighted by atomic mass is 10.3. The van der Waals surface area contributed by atoms with Gasteiger partial charge in [0.2, 0.25) is 5.76 Å². The molecular formula is C11H8BrNO6S. The van der Waals surface area contributed by atoms with Crippen molar-refractivity contribution < 1.29 is 27.8 Å². The van der Waals surface area contributed by atoms with Crippen LogP contribution in [0, 0.1) is 0 Å². The third-order valence-electron chi connectivity index (χ3n) is 2.25. The van der Waals surface area contributed by atoms with Crippen LogP contribution < -0.4 is 4.72 Å². The lowest BCUT2D eigenvalue weighted by molar-refractivity contribution is 0.0661. The van der Waals surface area contributed by atoms with Crippen molar-refractivity contribution in [1.82, 2.24) is 0 Å². The monoisotopic (exact) mass is 361 g/mol. The van der Waals surface area contributed by atoms with Gasteiger partial charge < -0.3 is 14.6 Å². The number of carboxylic acid groups (broad SMARTS) is 1. The van der Waals surface area contributed by atoms with Crippen LogP contribution in [0.3, 0.4) is 0 Å². The third kappa shape index (κ3) is 2.94. The number of carboxylic acids is 1. The van der Waals surface area contributed by atoms with Crippen molar-refractivity contribution in [3.05, 3.63) is 40.8 Å². The van der Waals surface area contributed by atoms with E-state index in [9.17, 15) is 18.3 Å². The zero-order chi connectivity index (χ0) is 14.9. The number of halogens is 1. The highest BCUT2D eigenvalue weighted by Gasteiger charge is 2.25. The normalized spacial score (nSPS) is 11.2. The minimum absolute atomic E-state index is 0.109. The van der Waals surface area contributed by atoms with Gasteiger partial charge in [-0.2, -0.15) is 0 Å². The van der Waals surface area contributed by atoms with E-state index in [-0.39, 0.29) is 21.0 Å². The van der Waals surface area contributed by atoms with Crippen molar-refractivity contribution >= 4 is 37.6 Å². The third-order valence-corrected chi connectivity index (χ3v) is 4.49. The Kier molecular flexibility index (Phi) is 3.73. The SMILES string of the molecule is O=C(O)c1cc(S(=O)(=O)Nc2cccc(O)c2)c(Br)o1. The number of carbonyl (C=O) groups is 1. The molecule has 7 nitrogen and oxygen atoms in total. The fourth-order valence-corrected chi connectivity index (χ4v) is 3.41. The van der Waals surface area contributed by atoms with E-state index in [4.69, 9.17) is 9.52 Å². The molecule has 0 atom stereocenters. The Morgan fingerprint density at radius 2 is 2.00 bits per heavy atom. The molecule has 0 spiro atoms. The summed E-state index contributed by atoms with van der Waals surface area (Å²) in [5.41, 5.74) is 0.134. The summed E-state index contributed by atoms with van der Waals surface area (Å²) in [6.45, 7) is 0. The molecule has 1 heterocycles. The second kappa shape index (κ2) is 5.17. The van der Waals surface area contributed by atoms with E-state index in [0.29, 0.717) is 0 Å². The number of phenols is 1. The molecule has 0 saturated carbocycles.